The van der Waals surface area contributed by atoms with Crippen molar-refractivity contribution in [3.63, 3.8) is 0 Å². The molecule has 1 saturated heterocycles. The molecule has 20 heavy (non-hydrogen) atoms. The molecule has 1 aromatic rings. The van der Waals surface area contributed by atoms with E-state index in [9.17, 15) is 9.59 Å². The highest BCUT2D eigenvalue weighted by atomic mass is 32.1. The number of hydrogen-bond donors (Lipinski definition) is 1. The predicted molar refractivity (Wildman–Crippen MR) is 76.4 cm³/mol. The molecule has 1 aromatic heterocycles. The van der Waals surface area contributed by atoms with Crippen LogP contribution in [0.1, 0.15) is 25.3 Å². The number of nitrogens with zero attached hydrogens (tertiary/aromatic N) is 4. The summed E-state index contributed by atoms with van der Waals surface area (Å²) in [7, 11) is 0. The SMILES string of the molecule is CCCN1CC(=O)N(Cc2nnc(NCC)s2)CC1=O. The molecule has 0 aromatic carbocycles. The van der Waals surface area contributed by atoms with Gasteiger partial charge in [-0.1, -0.05) is 18.3 Å². The lowest BCUT2D eigenvalue weighted by Crippen LogP contribution is -2.53. The van der Waals surface area contributed by atoms with Gasteiger partial charge in [-0.15, -0.1) is 10.2 Å². The fourth-order valence-corrected chi connectivity index (χ4v) is 2.85. The molecule has 0 aliphatic carbocycles. The summed E-state index contributed by atoms with van der Waals surface area (Å²) in [4.78, 5) is 27.1. The summed E-state index contributed by atoms with van der Waals surface area (Å²) >= 11 is 1.41. The fourth-order valence-electron chi connectivity index (χ4n) is 2.02. The molecular weight excluding hydrogens is 278 g/mol. The number of nitrogens with one attached hydrogen (secondary N) is 1. The van der Waals surface area contributed by atoms with Gasteiger partial charge in [-0.25, -0.2) is 0 Å². The summed E-state index contributed by atoms with van der Waals surface area (Å²) in [6.45, 7) is 6.06. The minimum Gasteiger partial charge on any atom is -0.360 e. The van der Waals surface area contributed by atoms with E-state index in [-0.39, 0.29) is 24.9 Å². The van der Waals surface area contributed by atoms with Crippen LogP contribution in [-0.2, 0) is 16.1 Å². The van der Waals surface area contributed by atoms with Gasteiger partial charge in [-0.05, 0) is 13.3 Å². The van der Waals surface area contributed by atoms with Crippen molar-refractivity contribution in [2.45, 2.75) is 26.8 Å². The number of carbonyl (C=O) groups excluding carboxylic acids is 2. The zero-order valence-electron chi connectivity index (χ0n) is 11.8. The second kappa shape index (κ2) is 6.65. The van der Waals surface area contributed by atoms with E-state index in [1.54, 1.807) is 9.80 Å². The molecule has 0 saturated carbocycles. The summed E-state index contributed by atoms with van der Waals surface area (Å²) in [5.41, 5.74) is 0. The topological polar surface area (TPSA) is 78.4 Å². The van der Waals surface area contributed by atoms with Crippen LogP contribution in [0.4, 0.5) is 5.13 Å². The number of piperazine rings is 1. The van der Waals surface area contributed by atoms with Crippen molar-refractivity contribution in [2.75, 3.05) is 31.5 Å². The van der Waals surface area contributed by atoms with Gasteiger partial charge in [0.2, 0.25) is 16.9 Å². The Bertz CT molecular complexity index is 490. The molecule has 1 aliphatic heterocycles. The average molecular weight is 297 g/mol. The van der Waals surface area contributed by atoms with Crippen LogP contribution in [0.25, 0.3) is 0 Å². The van der Waals surface area contributed by atoms with Crippen LogP contribution >= 0.6 is 11.3 Å². The Balaban J connectivity index is 1.95. The van der Waals surface area contributed by atoms with Gasteiger partial charge in [0.25, 0.3) is 0 Å². The third kappa shape index (κ3) is 3.44. The zero-order chi connectivity index (χ0) is 14.5. The minimum absolute atomic E-state index is 0.00266. The largest absolute Gasteiger partial charge is 0.360 e. The van der Waals surface area contributed by atoms with Crippen molar-refractivity contribution >= 4 is 28.3 Å². The molecule has 0 spiro atoms. The van der Waals surface area contributed by atoms with Crippen molar-refractivity contribution in [2.24, 2.45) is 0 Å². The van der Waals surface area contributed by atoms with Gasteiger partial charge in [0.15, 0.2) is 0 Å². The molecular formula is C12H19N5O2S. The fraction of sp³-hybridized carbons (Fsp3) is 0.667. The lowest BCUT2D eigenvalue weighted by Gasteiger charge is -2.33. The van der Waals surface area contributed by atoms with E-state index in [4.69, 9.17) is 0 Å². The highest BCUT2D eigenvalue weighted by Gasteiger charge is 2.29. The molecule has 1 aliphatic rings. The third-order valence-electron chi connectivity index (χ3n) is 2.97. The highest BCUT2D eigenvalue weighted by molar-refractivity contribution is 7.15. The normalized spacial score (nSPS) is 15.9. The Morgan fingerprint density at radius 3 is 2.55 bits per heavy atom. The smallest absolute Gasteiger partial charge is 0.243 e. The van der Waals surface area contributed by atoms with Crippen molar-refractivity contribution in [1.29, 1.82) is 0 Å². The molecule has 110 valence electrons. The summed E-state index contributed by atoms with van der Waals surface area (Å²) in [6.07, 6.45) is 0.863. The van der Waals surface area contributed by atoms with Gasteiger partial charge in [0.05, 0.1) is 13.1 Å². The van der Waals surface area contributed by atoms with Crippen molar-refractivity contribution in [1.82, 2.24) is 20.0 Å². The third-order valence-corrected chi connectivity index (χ3v) is 3.84. The van der Waals surface area contributed by atoms with Gasteiger partial charge in [0, 0.05) is 13.1 Å². The number of hydrogen-bond acceptors (Lipinski definition) is 6. The quantitative estimate of drug-likeness (QED) is 0.829. The highest BCUT2D eigenvalue weighted by Crippen LogP contribution is 2.18. The molecule has 7 nitrogen and oxygen atoms in total. The zero-order valence-corrected chi connectivity index (χ0v) is 12.6. The first kappa shape index (κ1) is 14.7. The lowest BCUT2D eigenvalue weighted by molar-refractivity contribution is -0.150. The summed E-state index contributed by atoms with van der Waals surface area (Å²) in [5.74, 6) is -0.0267. The standard InChI is InChI=1S/C12H19N5O2S/c1-3-5-16-7-11(19)17(8-10(16)18)6-9-14-15-12(20-9)13-4-2/h3-8H2,1-2H3,(H,13,15). The van der Waals surface area contributed by atoms with E-state index in [0.29, 0.717) is 13.1 Å². The van der Waals surface area contributed by atoms with Crippen LogP contribution < -0.4 is 5.32 Å². The van der Waals surface area contributed by atoms with E-state index in [2.05, 4.69) is 15.5 Å². The first-order valence-corrected chi connectivity index (χ1v) is 7.57. The molecule has 1 fully saturated rings. The monoisotopic (exact) mass is 297 g/mol. The maximum absolute atomic E-state index is 12.0. The predicted octanol–water partition coefficient (Wildman–Crippen LogP) is 0.551. The van der Waals surface area contributed by atoms with Gasteiger partial charge in [-0.3, -0.25) is 9.59 Å². The van der Waals surface area contributed by atoms with Gasteiger partial charge in [0.1, 0.15) is 11.6 Å². The van der Waals surface area contributed by atoms with Crippen molar-refractivity contribution < 1.29 is 9.59 Å². The maximum atomic E-state index is 12.0. The van der Waals surface area contributed by atoms with E-state index >= 15 is 0 Å². The van der Waals surface area contributed by atoms with Crippen LogP contribution in [0.15, 0.2) is 0 Å². The molecule has 8 heteroatoms. The minimum atomic E-state index is -0.0294. The van der Waals surface area contributed by atoms with Crippen LogP contribution in [0, 0.1) is 0 Å². The van der Waals surface area contributed by atoms with Crippen LogP contribution in [-0.4, -0.2) is 58.0 Å². The molecule has 1 N–H and O–H groups in total. The number of rotatable bonds is 6. The molecule has 0 bridgehead atoms. The van der Waals surface area contributed by atoms with E-state index in [1.165, 1.54) is 11.3 Å². The average Bonchev–Trinajstić information content (AvgIpc) is 2.84. The van der Waals surface area contributed by atoms with Crippen LogP contribution in [0.5, 0.6) is 0 Å². The maximum Gasteiger partial charge on any atom is 0.243 e. The number of amides is 2. The van der Waals surface area contributed by atoms with Crippen molar-refractivity contribution in [3.8, 4) is 0 Å². The summed E-state index contributed by atoms with van der Waals surface area (Å²) in [6, 6.07) is 0. The molecule has 0 radical (unpaired) electrons. The van der Waals surface area contributed by atoms with Gasteiger partial charge < -0.3 is 15.1 Å². The number of anilines is 1. The lowest BCUT2D eigenvalue weighted by atomic mass is 10.2. The molecule has 2 heterocycles. The van der Waals surface area contributed by atoms with Crippen molar-refractivity contribution in [3.05, 3.63) is 5.01 Å². The van der Waals surface area contributed by atoms with Gasteiger partial charge >= 0.3 is 0 Å². The van der Waals surface area contributed by atoms with Crippen LogP contribution in [0.2, 0.25) is 0 Å². The molecule has 2 amide bonds. The summed E-state index contributed by atoms with van der Waals surface area (Å²) in [5, 5.41) is 12.6. The number of carbonyl (C=O) groups is 2. The first-order chi connectivity index (χ1) is 9.63. The first-order valence-electron chi connectivity index (χ1n) is 6.75. The molecule has 2 rings (SSSR count). The second-order valence-electron chi connectivity index (χ2n) is 4.60. The number of aromatic nitrogens is 2. The Kier molecular flexibility index (Phi) is 4.89. The Morgan fingerprint density at radius 2 is 1.85 bits per heavy atom. The van der Waals surface area contributed by atoms with E-state index in [0.717, 1.165) is 23.1 Å². The molecule has 0 unspecified atom stereocenters. The Morgan fingerprint density at radius 1 is 1.15 bits per heavy atom. The molecule has 0 atom stereocenters. The Labute approximate surface area is 122 Å². The Hall–Kier alpha value is -1.70. The van der Waals surface area contributed by atoms with Gasteiger partial charge in [-0.2, -0.15) is 0 Å². The second-order valence-corrected chi connectivity index (χ2v) is 5.66. The summed E-state index contributed by atoms with van der Waals surface area (Å²) < 4.78 is 0. The van der Waals surface area contributed by atoms with E-state index in [1.807, 2.05) is 13.8 Å². The van der Waals surface area contributed by atoms with Crippen LogP contribution in [0.3, 0.4) is 0 Å². The van der Waals surface area contributed by atoms with E-state index < -0.39 is 0 Å².